The third-order valence-corrected chi connectivity index (χ3v) is 4.83. The smallest absolute Gasteiger partial charge is 0.298 e. The van der Waals surface area contributed by atoms with Crippen LogP contribution < -0.4 is 15.4 Å². The van der Waals surface area contributed by atoms with Crippen LogP contribution in [0.1, 0.15) is 12.5 Å². The van der Waals surface area contributed by atoms with Crippen LogP contribution in [-0.4, -0.2) is 18.3 Å². The van der Waals surface area contributed by atoms with E-state index in [0.29, 0.717) is 22.0 Å². The summed E-state index contributed by atoms with van der Waals surface area (Å²) in [6.45, 7) is 1.83. The fraction of sp³-hybridized carbons (Fsp3) is 0.111. The third-order valence-electron chi connectivity index (χ3n) is 3.78. The van der Waals surface area contributed by atoms with E-state index >= 15 is 0 Å². The number of anilines is 2. The molecular formula is C18H16N2O3S. The summed E-state index contributed by atoms with van der Waals surface area (Å²) in [7, 11) is 1.56. The van der Waals surface area contributed by atoms with Gasteiger partial charge in [0.25, 0.3) is 11.1 Å². The zero-order valence-electron chi connectivity index (χ0n) is 13.3. The van der Waals surface area contributed by atoms with Gasteiger partial charge in [-0.2, -0.15) is 0 Å². The number of hydrogen-bond donors (Lipinski definition) is 1. The van der Waals surface area contributed by atoms with E-state index in [1.807, 2.05) is 19.1 Å². The van der Waals surface area contributed by atoms with Crippen LogP contribution in [0.5, 0.6) is 5.75 Å². The molecule has 1 aliphatic rings. The SMILES string of the molecule is COc1ccc(N2C(=O)S/C(=C(/C)c3ccc(N)cc3)C2=O)cc1. The number of nitrogens with zero attached hydrogens (tertiary/aromatic N) is 1. The van der Waals surface area contributed by atoms with E-state index in [1.54, 1.807) is 43.5 Å². The average molecular weight is 340 g/mol. The summed E-state index contributed by atoms with van der Waals surface area (Å²) in [5.74, 6) is 0.351. The molecule has 24 heavy (non-hydrogen) atoms. The lowest BCUT2D eigenvalue weighted by atomic mass is 10.1. The molecule has 0 saturated carbocycles. The van der Waals surface area contributed by atoms with Crippen LogP contribution in [0.25, 0.3) is 5.57 Å². The Morgan fingerprint density at radius 2 is 1.67 bits per heavy atom. The summed E-state index contributed by atoms with van der Waals surface area (Å²) in [5.41, 5.74) is 8.49. The van der Waals surface area contributed by atoms with Gasteiger partial charge in [-0.25, -0.2) is 4.90 Å². The number of nitrogen functional groups attached to an aromatic ring is 1. The first-order chi connectivity index (χ1) is 11.5. The van der Waals surface area contributed by atoms with Gasteiger partial charge in [0.05, 0.1) is 17.7 Å². The van der Waals surface area contributed by atoms with Crippen LogP contribution in [0, 0.1) is 0 Å². The monoisotopic (exact) mass is 340 g/mol. The van der Waals surface area contributed by atoms with Gasteiger partial charge in [-0.3, -0.25) is 9.59 Å². The van der Waals surface area contributed by atoms with Crippen LogP contribution >= 0.6 is 11.8 Å². The van der Waals surface area contributed by atoms with E-state index < -0.39 is 0 Å². The molecule has 0 unspecified atom stereocenters. The first-order valence-corrected chi connectivity index (χ1v) is 8.10. The summed E-state index contributed by atoms with van der Waals surface area (Å²) in [5, 5.41) is -0.310. The van der Waals surface area contributed by atoms with Crippen molar-refractivity contribution in [2.24, 2.45) is 0 Å². The number of carbonyl (C=O) groups excluding carboxylic acids is 2. The van der Waals surface area contributed by atoms with E-state index in [1.165, 1.54) is 4.90 Å². The van der Waals surface area contributed by atoms with Crippen molar-refractivity contribution in [1.82, 2.24) is 0 Å². The quantitative estimate of drug-likeness (QED) is 0.677. The fourth-order valence-electron chi connectivity index (χ4n) is 2.42. The fourth-order valence-corrected chi connectivity index (χ4v) is 3.32. The number of rotatable bonds is 3. The number of ether oxygens (including phenoxy) is 1. The summed E-state index contributed by atoms with van der Waals surface area (Å²) >= 11 is 0.948. The van der Waals surface area contributed by atoms with Crippen molar-refractivity contribution in [1.29, 1.82) is 0 Å². The number of thioether (sulfide) groups is 1. The molecule has 0 radical (unpaired) electrons. The topological polar surface area (TPSA) is 72.6 Å². The molecule has 1 saturated heterocycles. The number of allylic oxidation sites excluding steroid dienone is 1. The van der Waals surface area contributed by atoms with Gasteiger partial charge in [0.15, 0.2) is 0 Å². The Morgan fingerprint density at radius 1 is 1.04 bits per heavy atom. The number of methoxy groups -OCH3 is 1. The van der Waals surface area contributed by atoms with E-state index in [0.717, 1.165) is 22.9 Å². The predicted octanol–water partition coefficient (Wildman–Crippen LogP) is 3.91. The van der Waals surface area contributed by atoms with Gasteiger partial charge in [-0.15, -0.1) is 0 Å². The zero-order chi connectivity index (χ0) is 17.3. The molecule has 0 aromatic heterocycles. The number of imide groups is 1. The third kappa shape index (κ3) is 2.88. The molecule has 122 valence electrons. The van der Waals surface area contributed by atoms with Crippen molar-refractivity contribution in [2.45, 2.75) is 6.92 Å². The molecule has 1 heterocycles. The largest absolute Gasteiger partial charge is 0.497 e. The highest BCUT2D eigenvalue weighted by atomic mass is 32.2. The minimum Gasteiger partial charge on any atom is -0.497 e. The number of benzene rings is 2. The molecule has 3 rings (SSSR count). The lowest BCUT2D eigenvalue weighted by Gasteiger charge is -2.13. The maximum Gasteiger partial charge on any atom is 0.298 e. The molecule has 0 atom stereocenters. The molecular weight excluding hydrogens is 324 g/mol. The zero-order valence-corrected chi connectivity index (χ0v) is 14.1. The highest BCUT2D eigenvalue weighted by Crippen LogP contribution is 2.39. The first-order valence-electron chi connectivity index (χ1n) is 7.28. The van der Waals surface area contributed by atoms with Crippen molar-refractivity contribution in [3.05, 3.63) is 59.0 Å². The maximum absolute atomic E-state index is 12.7. The Balaban J connectivity index is 1.95. The Hall–Kier alpha value is -2.73. The molecule has 2 N–H and O–H groups in total. The van der Waals surface area contributed by atoms with Crippen LogP contribution in [0.2, 0.25) is 0 Å². The molecule has 2 amide bonds. The molecule has 1 aliphatic heterocycles. The van der Waals surface area contributed by atoms with Crippen LogP contribution in [-0.2, 0) is 4.79 Å². The summed E-state index contributed by atoms with van der Waals surface area (Å²) < 4.78 is 5.10. The molecule has 0 aliphatic carbocycles. The minimum absolute atomic E-state index is 0.310. The molecule has 2 aromatic carbocycles. The van der Waals surface area contributed by atoms with Gasteiger partial charge in [0.2, 0.25) is 0 Å². The molecule has 6 heteroatoms. The van der Waals surface area contributed by atoms with Crippen LogP contribution in [0.3, 0.4) is 0 Å². The molecule has 0 bridgehead atoms. The van der Waals surface area contributed by atoms with Gasteiger partial charge in [-0.05, 0) is 66.2 Å². The second-order valence-corrected chi connectivity index (χ2v) is 6.24. The number of amides is 2. The van der Waals surface area contributed by atoms with E-state index in [2.05, 4.69) is 0 Å². The normalized spacial score (nSPS) is 16.5. The number of carbonyl (C=O) groups is 2. The van der Waals surface area contributed by atoms with E-state index in [-0.39, 0.29) is 11.1 Å². The second kappa shape index (κ2) is 6.41. The predicted molar refractivity (Wildman–Crippen MR) is 96.9 cm³/mol. The van der Waals surface area contributed by atoms with Crippen molar-refractivity contribution < 1.29 is 14.3 Å². The van der Waals surface area contributed by atoms with Crippen molar-refractivity contribution in [3.63, 3.8) is 0 Å². The van der Waals surface area contributed by atoms with Gasteiger partial charge in [-0.1, -0.05) is 12.1 Å². The standard InChI is InChI=1S/C18H16N2O3S/c1-11(12-3-5-13(19)6-4-12)16-17(21)20(18(22)24-16)14-7-9-15(23-2)10-8-14/h3-10H,19H2,1-2H3/b16-11-. The second-order valence-electron chi connectivity index (χ2n) is 5.28. The highest BCUT2D eigenvalue weighted by Gasteiger charge is 2.37. The maximum atomic E-state index is 12.7. The van der Waals surface area contributed by atoms with Gasteiger partial charge >= 0.3 is 0 Å². The Morgan fingerprint density at radius 3 is 2.25 bits per heavy atom. The van der Waals surface area contributed by atoms with Gasteiger partial charge in [0, 0.05) is 5.69 Å². The molecule has 5 nitrogen and oxygen atoms in total. The average Bonchev–Trinajstić information content (AvgIpc) is 2.89. The Labute approximate surface area is 144 Å². The van der Waals surface area contributed by atoms with Crippen molar-refractivity contribution in [2.75, 3.05) is 17.7 Å². The highest BCUT2D eigenvalue weighted by molar-refractivity contribution is 8.19. The summed E-state index contributed by atoms with van der Waals surface area (Å²) in [4.78, 5) is 26.7. The van der Waals surface area contributed by atoms with E-state index in [4.69, 9.17) is 10.5 Å². The van der Waals surface area contributed by atoms with E-state index in [9.17, 15) is 9.59 Å². The van der Waals surface area contributed by atoms with Crippen LogP contribution in [0.4, 0.5) is 16.2 Å². The molecule has 0 spiro atoms. The lowest BCUT2D eigenvalue weighted by Crippen LogP contribution is -2.27. The Kier molecular flexibility index (Phi) is 4.31. The first kappa shape index (κ1) is 16.1. The number of hydrogen-bond acceptors (Lipinski definition) is 5. The van der Waals surface area contributed by atoms with Crippen molar-refractivity contribution in [3.8, 4) is 5.75 Å². The van der Waals surface area contributed by atoms with Gasteiger partial charge < -0.3 is 10.5 Å². The minimum atomic E-state index is -0.315. The Bertz CT molecular complexity index is 826. The van der Waals surface area contributed by atoms with Crippen molar-refractivity contribution >= 4 is 39.9 Å². The molecule has 1 fully saturated rings. The van der Waals surface area contributed by atoms with Gasteiger partial charge in [0.1, 0.15) is 5.75 Å². The van der Waals surface area contributed by atoms with Crippen LogP contribution in [0.15, 0.2) is 53.4 Å². The summed E-state index contributed by atoms with van der Waals surface area (Å²) in [6, 6.07) is 14.0. The lowest BCUT2D eigenvalue weighted by molar-refractivity contribution is -0.113. The number of nitrogens with two attached hydrogens (primary N) is 1. The molecule has 2 aromatic rings. The summed E-state index contributed by atoms with van der Waals surface area (Å²) in [6.07, 6.45) is 0.